The van der Waals surface area contributed by atoms with Crippen molar-refractivity contribution in [3.63, 3.8) is 0 Å². The van der Waals surface area contributed by atoms with Gasteiger partial charge < -0.3 is 41.3 Å². The van der Waals surface area contributed by atoms with E-state index in [9.17, 15) is 29.4 Å². The number of phenols is 1. The largest absolute Gasteiger partial charge is 0.508 e. The standard InChI is InChI=1S/C24H26ClN5O3.C23H23Cl2N5O3/c1-4-10-30(15(2)3)23(33)16-6-5-7-17(11-16)29-24-26-13-18(14-27-24)28-22(32)20-12-19(31)8-9-21(20)25;1-14(2)30(9-10-31)22(33)15-5-3-6-16(11-15)29-23-26-12-17(13-27-23)28-21(32)20-18(24)7-4-8-19(20)25/h5-9,11-15,31H,4,10H2,1-3H3,(H,28,32)(H,26,27,29);3-8,11-14,31H,9-10H2,1-2H3,(H,28,32)(H,26,27,29). The molecule has 0 fully saturated rings. The highest BCUT2D eigenvalue weighted by atomic mass is 35.5. The smallest absolute Gasteiger partial charge is 0.258 e. The van der Waals surface area contributed by atoms with Crippen molar-refractivity contribution in [3.8, 4) is 5.75 Å². The Morgan fingerprint density at radius 3 is 1.50 bits per heavy atom. The van der Waals surface area contributed by atoms with E-state index in [4.69, 9.17) is 34.8 Å². The number of halogens is 3. The maximum absolute atomic E-state index is 12.9. The number of hydrogen-bond donors (Lipinski definition) is 6. The first-order valence-electron chi connectivity index (χ1n) is 20.7. The van der Waals surface area contributed by atoms with Gasteiger partial charge in [0, 0.05) is 47.7 Å². The number of carbonyl (C=O) groups excluding carboxylic acids is 4. The predicted octanol–water partition coefficient (Wildman–Crippen LogP) is 9.71. The van der Waals surface area contributed by atoms with Gasteiger partial charge in [0.15, 0.2) is 0 Å². The van der Waals surface area contributed by atoms with Crippen LogP contribution in [0.3, 0.4) is 0 Å². The van der Waals surface area contributed by atoms with Crippen molar-refractivity contribution in [2.45, 2.75) is 53.1 Å². The highest BCUT2D eigenvalue weighted by Crippen LogP contribution is 2.26. The third-order valence-electron chi connectivity index (χ3n) is 9.51. The summed E-state index contributed by atoms with van der Waals surface area (Å²) in [7, 11) is 0. The monoisotopic (exact) mass is 954 g/mol. The Labute approximate surface area is 397 Å². The molecular formula is C47H49Cl3N10O6. The SMILES string of the molecule is CC(C)N(CCO)C(=O)c1cccc(Nc2ncc(NC(=O)c3c(Cl)cccc3Cl)cn2)c1.CCCN(C(=O)c1cccc(Nc2ncc(NC(=O)c3cc(O)ccc3Cl)cn2)c1)C(C)C. The number of aromatic nitrogens is 4. The number of phenolic OH excluding ortho intramolecular Hbond substituents is 1. The van der Waals surface area contributed by atoms with E-state index in [0.717, 1.165) is 6.42 Å². The van der Waals surface area contributed by atoms with Gasteiger partial charge in [-0.25, -0.2) is 19.9 Å². The number of benzene rings is 4. The van der Waals surface area contributed by atoms with Crippen molar-refractivity contribution in [2.24, 2.45) is 0 Å². The van der Waals surface area contributed by atoms with Gasteiger partial charge in [-0.05, 0) is 101 Å². The van der Waals surface area contributed by atoms with E-state index in [1.54, 1.807) is 65.6 Å². The number of nitrogens with one attached hydrogen (secondary N) is 4. The summed E-state index contributed by atoms with van der Waals surface area (Å²) in [5.41, 5.74) is 3.37. The third kappa shape index (κ3) is 13.8. The van der Waals surface area contributed by atoms with Crippen LogP contribution in [0, 0.1) is 0 Å². The summed E-state index contributed by atoms with van der Waals surface area (Å²) in [5.74, 6) is -0.647. The molecule has 0 saturated heterocycles. The maximum Gasteiger partial charge on any atom is 0.258 e. The normalized spacial score (nSPS) is 10.7. The number of aliphatic hydroxyl groups excluding tert-OH is 1. The average Bonchev–Trinajstić information content (AvgIpc) is 3.29. The Bertz CT molecular complexity index is 2620. The number of rotatable bonds is 16. The van der Waals surface area contributed by atoms with E-state index in [1.807, 2.05) is 45.6 Å². The molecular weight excluding hydrogens is 907 g/mol. The quantitative estimate of drug-likeness (QED) is 0.0535. The summed E-state index contributed by atoms with van der Waals surface area (Å²) in [6.45, 7) is 10.7. The molecule has 0 radical (unpaired) electrons. The molecule has 2 heterocycles. The van der Waals surface area contributed by atoms with E-state index >= 15 is 0 Å². The Hall–Kier alpha value is -6.85. The fourth-order valence-corrected chi connectivity index (χ4v) is 7.07. The molecule has 0 aliphatic carbocycles. The lowest BCUT2D eigenvalue weighted by Gasteiger charge is -2.26. The number of amides is 4. The van der Waals surface area contributed by atoms with Crippen LogP contribution in [0.2, 0.25) is 15.1 Å². The van der Waals surface area contributed by atoms with Crippen molar-refractivity contribution >= 4 is 93.1 Å². The fourth-order valence-electron chi connectivity index (χ4n) is 6.30. The van der Waals surface area contributed by atoms with E-state index in [2.05, 4.69) is 41.2 Å². The molecule has 19 heteroatoms. The van der Waals surface area contributed by atoms with Crippen LogP contribution in [0.1, 0.15) is 82.5 Å². The number of aromatic hydroxyl groups is 1. The van der Waals surface area contributed by atoms with Crippen molar-refractivity contribution < 1.29 is 29.4 Å². The van der Waals surface area contributed by atoms with Gasteiger partial charge in [0.05, 0.1) is 69.0 Å². The second-order valence-corrected chi connectivity index (χ2v) is 16.3. The summed E-state index contributed by atoms with van der Waals surface area (Å²) in [6.07, 6.45) is 6.65. The summed E-state index contributed by atoms with van der Waals surface area (Å²) >= 11 is 18.2. The minimum Gasteiger partial charge on any atom is -0.508 e. The predicted molar refractivity (Wildman–Crippen MR) is 259 cm³/mol. The zero-order valence-corrected chi connectivity index (χ0v) is 39.0. The molecule has 0 spiro atoms. The van der Waals surface area contributed by atoms with Crippen molar-refractivity contribution in [3.05, 3.63) is 147 Å². The van der Waals surface area contributed by atoms with Crippen LogP contribution in [0.4, 0.5) is 34.6 Å². The van der Waals surface area contributed by atoms with Gasteiger partial charge in [-0.15, -0.1) is 0 Å². The van der Waals surface area contributed by atoms with E-state index < -0.39 is 11.8 Å². The van der Waals surface area contributed by atoms with Gasteiger partial charge in [0.1, 0.15) is 5.75 Å². The minimum atomic E-state index is -0.492. The molecule has 0 bridgehead atoms. The molecule has 16 nitrogen and oxygen atoms in total. The van der Waals surface area contributed by atoms with E-state index in [1.165, 1.54) is 43.0 Å². The molecule has 0 aliphatic rings. The first-order chi connectivity index (χ1) is 31.6. The lowest BCUT2D eigenvalue weighted by molar-refractivity contribution is 0.0664. The first-order valence-corrected chi connectivity index (χ1v) is 21.9. The Kier molecular flexibility index (Phi) is 18.2. The molecule has 0 atom stereocenters. The average molecular weight is 956 g/mol. The molecule has 4 amide bonds. The molecule has 4 aromatic carbocycles. The Morgan fingerprint density at radius 2 is 1.05 bits per heavy atom. The van der Waals surface area contributed by atoms with E-state index in [0.29, 0.717) is 46.4 Å². The molecule has 344 valence electrons. The number of hydrogen-bond acceptors (Lipinski definition) is 12. The molecule has 6 aromatic rings. The zero-order valence-electron chi connectivity index (χ0n) is 36.7. The summed E-state index contributed by atoms with van der Waals surface area (Å²) < 4.78 is 0. The Balaban J connectivity index is 0.000000247. The summed E-state index contributed by atoms with van der Waals surface area (Å²) in [4.78, 5) is 70.8. The van der Waals surface area contributed by atoms with Crippen LogP contribution in [-0.2, 0) is 0 Å². The van der Waals surface area contributed by atoms with Crippen molar-refractivity contribution in [2.75, 3.05) is 41.0 Å². The fraction of sp³-hybridized carbons (Fsp3) is 0.234. The number of anilines is 6. The van der Waals surface area contributed by atoms with Crippen LogP contribution in [0.5, 0.6) is 5.75 Å². The topological polar surface area (TPSA) is 215 Å². The van der Waals surface area contributed by atoms with Crippen molar-refractivity contribution in [1.82, 2.24) is 29.7 Å². The number of nitrogens with zero attached hydrogens (tertiary/aromatic N) is 6. The lowest BCUT2D eigenvalue weighted by atomic mass is 10.1. The van der Waals surface area contributed by atoms with Crippen molar-refractivity contribution in [1.29, 1.82) is 0 Å². The molecule has 2 aromatic heterocycles. The maximum atomic E-state index is 12.9. The highest BCUT2D eigenvalue weighted by molar-refractivity contribution is 6.40. The number of aliphatic hydroxyl groups is 1. The molecule has 0 saturated carbocycles. The van der Waals surface area contributed by atoms with Gasteiger partial charge in [-0.1, -0.05) is 59.9 Å². The third-order valence-corrected chi connectivity index (χ3v) is 10.5. The molecule has 0 aliphatic heterocycles. The van der Waals surface area contributed by atoms with Crippen LogP contribution in [-0.4, -0.2) is 95.4 Å². The van der Waals surface area contributed by atoms with Gasteiger partial charge in [0.25, 0.3) is 23.6 Å². The Morgan fingerprint density at radius 1 is 0.591 bits per heavy atom. The molecule has 6 N–H and O–H groups in total. The van der Waals surface area contributed by atoms with E-state index in [-0.39, 0.29) is 74.9 Å². The summed E-state index contributed by atoms with van der Waals surface area (Å²) in [5, 5.41) is 30.9. The van der Waals surface area contributed by atoms with Gasteiger partial charge in [-0.2, -0.15) is 0 Å². The summed E-state index contributed by atoms with van der Waals surface area (Å²) in [6, 6.07) is 23.1. The second-order valence-electron chi connectivity index (χ2n) is 15.1. The highest BCUT2D eigenvalue weighted by Gasteiger charge is 2.21. The molecule has 0 unspecified atom stereocenters. The van der Waals surface area contributed by atoms with Gasteiger partial charge >= 0.3 is 0 Å². The molecule has 6 rings (SSSR count). The molecule has 66 heavy (non-hydrogen) atoms. The second kappa shape index (κ2) is 23.9. The lowest BCUT2D eigenvalue weighted by Crippen LogP contribution is -2.39. The van der Waals surface area contributed by atoms with Crippen LogP contribution >= 0.6 is 34.8 Å². The first kappa shape index (κ1) is 50.2. The minimum absolute atomic E-state index is 0.0277. The van der Waals surface area contributed by atoms with Crippen LogP contribution in [0.15, 0.2) is 110 Å². The van der Waals surface area contributed by atoms with Crippen LogP contribution < -0.4 is 21.3 Å². The van der Waals surface area contributed by atoms with Gasteiger partial charge in [0.2, 0.25) is 11.9 Å². The zero-order chi connectivity index (χ0) is 47.9. The van der Waals surface area contributed by atoms with Crippen LogP contribution in [0.25, 0.3) is 0 Å². The number of carbonyl (C=O) groups is 4. The van der Waals surface area contributed by atoms with Gasteiger partial charge in [-0.3, -0.25) is 19.2 Å².